The number of methoxy groups -OCH3 is 1. The fourth-order valence-corrected chi connectivity index (χ4v) is 4.30. The molecule has 3 fully saturated rings. The Kier molecular flexibility index (Phi) is 5.29. The summed E-state index contributed by atoms with van der Waals surface area (Å²) in [5, 5.41) is 0. The van der Waals surface area contributed by atoms with Crippen molar-refractivity contribution in [1.29, 1.82) is 0 Å². The molecule has 0 aromatic carbocycles. The van der Waals surface area contributed by atoms with Gasteiger partial charge in [0.25, 0.3) is 0 Å². The van der Waals surface area contributed by atoms with Crippen LogP contribution < -0.4 is 4.90 Å². The first kappa shape index (κ1) is 17.3. The summed E-state index contributed by atoms with van der Waals surface area (Å²) in [5.74, 6) is 1.14. The minimum atomic E-state index is 0.412. The Hall–Kier alpha value is -1.11. The zero-order valence-electron chi connectivity index (χ0n) is 15.6. The molecule has 6 nitrogen and oxygen atoms in total. The molecule has 0 unspecified atom stereocenters. The highest BCUT2D eigenvalue weighted by atomic mass is 16.5. The highest BCUT2D eigenvalue weighted by Gasteiger charge is 2.33. The maximum absolute atomic E-state index is 6.22. The van der Waals surface area contributed by atoms with Gasteiger partial charge < -0.3 is 23.8 Å². The van der Waals surface area contributed by atoms with Crippen molar-refractivity contribution in [2.45, 2.75) is 62.9 Å². The molecule has 1 aliphatic carbocycles. The zero-order chi connectivity index (χ0) is 17.2. The minimum absolute atomic E-state index is 0.412. The number of aromatic nitrogens is 2. The van der Waals surface area contributed by atoms with E-state index in [2.05, 4.69) is 32.6 Å². The SMILES string of the molecule is COC1CC(OC2CCN(c3cn(C4CCN(C)CC4)cn3)CC2)C1. The van der Waals surface area contributed by atoms with Gasteiger partial charge in [0.15, 0.2) is 0 Å². The van der Waals surface area contributed by atoms with E-state index in [1.54, 1.807) is 7.11 Å². The van der Waals surface area contributed by atoms with Crippen molar-refractivity contribution in [3.8, 4) is 0 Å². The molecule has 140 valence electrons. The molecule has 25 heavy (non-hydrogen) atoms. The molecule has 0 atom stereocenters. The molecule has 0 bridgehead atoms. The van der Waals surface area contributed by atoms with E-state index < -0.39 is 0 Å². The Labute approximate surface area is 151 Å². The number of nitrogens with zero attached hydrogens (tertiary/aromatic N) is 4. The summed E-state index contributed by atoms with van der Waals surface area (Å²) in [5.41, 5.74) is 0. The number of imidazole rings is 1. The fourth-order valence-electron chi connectivity index (χ4n) is 4.30. The van der Waals surface area contributed by atoms with E-state index in [0.29, 0.717) is 24.4 Å². The molecule has 1 aromatic rings. The normalized spacial score (nSPS) is 29.8. The highest BCUT2D eigenvalue weighted by Crippen LogP contribution is 2.30. The van der Waals surface area contributed by atoms with Crippen LogP contribution in [0.1, 0.15) is 44.6 Å². The summed E-state index contributed by atoms with van der Waals surface area (Å²) in [6.45, 7) is 4.48. The molecule has 4 rings (SSSR count). The van der Waals surface area contributed by atoms with Crippen LogP contribution in [0.2, 0.25) is 0 Å². The second kappa shape index (κ2) is 7.64. The van der Waals surface area contributed by atoms with Crippen molar-refractivity contribution in [3.63, 3.8) is 0 Å². The van der Waals surface area contributed by atoms with Crippen LogP contribution in [0.5, 0.6) is 0 Å². The monoisotopic (exact) mass is 348 g/mol. The summed E-state index contributed by atoms with van der Waals surface area (Å²) in [6, 6.07) is 0.616. The maximum Gasteiger partial charge on any atom is 0.146 e. The Morgan fingerprint density at radius 1 is 0.960 bits per heavy atom. The molecule has 3 aliphatic rings. The van der Waals surface area contributed by atoms with Gasteiger partial charge >= 0.3 is 0 Å². The van der Waals surface area contributed by atoms with Crippen LogP contribution in [0.4, 0.5) is 5.82 Å². The van der Waals surface area contributed by atoms with Crippen LogP contribution in [0.15, 0.2) is 12.5 Å². The summed E-state index contributed by atoms with van der Waals surface area (Å²) in [6.07, 6.45) is 12.4. The Balaban J connectivity index is 1.24. The predicted octanol–water partition coefficient (Wildman–Crippen LogP) is 2.31. The number of likely N-dealkylation sites (tertiary alicyclic amines) is 1. The Morgan fingerprint density at radius 3 is 2.36 bits per heavy atom. The molecule has 0 amide bonds. The molecule has 2 aliphatic heterocycles. The second-order valence-electron chi connectivity index (χ2n) is 7.99. The van der Waals surface area contributed by atoms with E-state index in [0.717, 1.165) is 44.6 Å². The molecule has 3 heterocycles. The van der Waals surface area contributed by atoms with Gasteiger partial charge in [-0.1, -0.05) is 0 Å². The molecule has 0 N–H and O–H groups in total. The van der Waals surface area contributed by atoms with Crippen molar-refractivity contribution in [2.24, 2.45) is 0 Å². The van der Waals surface area contributed by atoms with Crippen molar-refractivity contribution >= 4 is 5.82 Å². The van der Waals surface area contributed by atoms with Crippen LogP contribution in [0, 0.1) is 0 Å². The number of piperidine rings is 2. The molecule has 0 radical (unpaired) electrons. The molecule has 2 saturated heterocycles. The first-order valence-electron chi connectivity index (χ1n) is 9.86. The van der Waals surface area contributed by atoms with E-state index in [1.807, 2.05) is 6.33 Å². The number of ether oxygens (including phenoxy) is 2. The van der Waals surface area contributed by atoms with E-state index in [9.17, 15) is 0 Å². The topological polar surface area (TPSA) is 42.8 Å². The smallest absolute Gasteiger partial charge is 0.146 e. The molecule has 0 spiro atoms. The van der Waals surface area contributed by atoms with E-state index in [4.69, 9.17) is 9.47 Å². The summed E-state index contributed by atoms with van der Waals surface area (Å²) in [4.78, 5) is 9.52. The maximum atomic E-state index is 6.22. The van der Waals surface area contributed by atoms with Crippen molar-refractivity contribution in [3.05, 3.63) is 12.5 Å². The molecule has 1 aromatic heterocycles. The highest BCUT2D eigenvalue weighted by molar-refractivity contribution is 5.36. The Bertz CT molecular complexity index is 541. The lowest BCUT2D eigenvalue weighted by Crippen LogP contribution is -2.43. The van der Waals surface area contributed by atoms with Gasteiger partial charge in [0, 0.05) is 32.4 Å². The second-order valence-corrected chi connectivity index (χ2v) is 7.99. The molecular formula is C19H32N4O2. The summed E-state index contributed by atoms with van der Waals surface area (Å²) >= 11 is 0. The summed E-state index contributed by atoms with van der Waals surface area (Å²) in [7, 11) is 4.00. The van der Waals surface area contributed by atoms with Crippen molar-refractivity contribution in [2.75, 3.05) is 45.2 Å². The van der Waals surface area contributed by atoms with Gasteiger partial charge in [-0.25, -0.2) is 4.98 Å². The van der Waals surface area contributed by atoms with Crippen LogP contribution in [-0.4, -0.2) is 73.1 Å². The minimum Gasteiger partial charge on any atom is -0.381 e. The number of anilines is 1. The van der Waals surface area contributed by atoms with E-state index in [-0.39, 0.29) is 0 Å². The number of rotatable bonds is 5. The largest absolute Gasteiger partial charge is 0.381 e. The molecule has 1 saturated carbocycles. The lowest BCUT2D eigenvalue weighted by atomic mass is 9.91. The third kappa shape index (κ3) is 4.01. The van der Waals surface area contributed by atoms with Crippen LogP contribution >= 0.6 is 0 Å². The van der Waals surface area contributed by atoms with Crippen LogP contribution in [0.25, 0.3) is 0 Å². The van der Waals surface area contributed by atoms with Crippen molar-refractivity contribution < 1.29 is 9.47 Å². The summed E-state index contributed by atoms with van der Waals surface area (Å²) < 4.78 is 13.9. The van der Waals surface area contributed by atoms with Crippen molar-refractivity contribution in [1.82, 2.24) is 14.5 Å². The first-order chi connectivity index (χ1) is 12.2. The lowest BCUT2D eigenvalue weighted by Gasteiger charge is -2.39. The van der Waals surface area contributed by atoms with Gasteiger partial charge in [-0.3, -0.25) is 0 Å². The van der Waals surface area contributed by atoms with Crippen LogP contribution in [-0.2, 0) is 9.47 Å². The first-order valence-corrected chi connectivity index (χ1v) is 9.86. The van der Waals surface area contributed by atoms with Gasteiger partial charge in [-0.15, -0.1) is 0 Å². The average molecular weight is 348 g/mol. The number of hydrogen-bond acceptors (Lipinski definition) is 5. The van der Waals surface area contributed by atoms with Gasteiger partial charge in [0.1, 0.15) is 5.82 Å². The lowest BCUT2D eigenvalue weighted by molar-refractivity contribution is -0.119. The van der Waals surface area contributed by atoms with Gasteiger partial charge in [-0.2, -0.15) is 0 Å². The third-order valence-corrected chi connectivity index (χ3v) is 6.23. The number of hydrogen-bond donors (Lipinski definition) is 0. The standard InChI is InChI=1S/C19H32N4O2/c1-21-7-3-15(4-8-21)23-13-19(20-14-23)22-9-5-16(6-10-22)25-18-11-17(12-18)24-2/h13-18H,3-12H2,1-2H3. The van der Waals surface area contributed by atoms with Gasteiger partial charge in [0.05, 0.1) is 24.6 Å². The third-order valence-electron chi connectivity index (χ3n) is 6.23. The fraction of sp³-hybridized carbons (Fsp3) is 0.842. The van der Waals surface area contributed by atoms with E-state index in [1.165, 1.54) is 25.9 Å². The zero-order valence-corrected chi connectivity index (χ0v) is 15.6. The predicted molar refractivity (Wildman–Crippen MR) is 98.1 cm³/mol. The molecule has 6 heteroatoms. The quantitative estimate of drug-likeness (QED) is 0.817. The average Bonchev–Trinajstić information content (AvgIpc) is 3.09. The molecular weight excluding hydrogens is 316 g/mol. The van der Waals surface area contributed by atoms with Crippen LogP contribution in [0.3, 0.4) is 0 Å². The van der Waals surface area contributed by atoms with Gasteiger partial charge in [0.2, 0.25) is 0 Å². The van der Waals surface area contributed by atoms with Gasteiger partial charge in [-0.05, 0) is 58.7 Å². The Morgan fingerprint density at radius 2 is 1.68 bits per heavy atom. The van der Waals surface area contributed by atoms with E-state index >= 15 is 0 Å².